The molecule has 0 radical (unpaired) electrons. The highest BCUT2D eigenvalue weighted by atomic mass is 16.5. The maximum absolute atomic E-state index is 11.7. The lowest BCUT2D eigenvalue weighted by Gasteiger charge is -2.43. The summed E-state index contributed by atoms with van der Waals surface area (Å²) in [5.41, 5.74) is 0.132. The molecule has 20 heavy (non-hydrogen) atoms. The van der Waals surface area contributed by atoms with Gasteiger partial charge in [0.15, 0.2) is 0 Å². The summed E-state index contributed by atoms with van der Waals surface area (Å²) in [5, 5.41) is 18.8. The smallest absolute Gasteiger partial charge is 0.329 e. The van der Waals surface area contributed by atoms with Crippen molar-refractivity contribution in [3.05, 3.63) is 23.8 Å². The highest BCUT2D eigenvalue weighted by Crippen LogP contribution is 2.36. The Balaban J connectivity index is 2.52. The van der Waals surface area contributed by atoms with Crippen molar-refractivity contribution in [3.63, 3.8) is 0 Å². The number of benzene rings is 1. The van der Waals surface area contributed by atoms with Gasteiger partial charge in [0.1, 0.15) is 17.4 Å². The molecule has 0 amide bonds. The number of nitriles is 1. The fourth-order valence-electron chi connectivity index (χ4n) is 2.69. The fraction of sp³-hybridized carbons (Fsp3) is 0.467. The van der Waals surface area contributed by atoms with Crippen molar-refractivity contribution in [1.82, 2.24) is 0 Å². The zero-order chi connectivity index (χ0) is 14.8. The number of aliphatic carboxylic acids is 1. The average Bonchev–Trinajstić information content (AvgIpc) is 2.47. The molecule has 0 spiro atoms. The van der Waals surface area contributed by atoms with Gasteiger partial charge in [-0.25, -0.2) is 4.79 Å². The molecule has 1 aliphatic rings. The molecule has 0 aliphatic carbocycles. The number of hydrogen-bond donors (Lipinski definition) is 1. The number of ether oxygens (including phenoxy) is 1. The number of piperidine rings is 1. The number of rotatable bonds is 3. The van der Waals surface area contributed by atoms with E-state index in [1.807, 2.05) is 4.90 Å². The minimum absolute atomic E-state index is 0.472. The Kier molecular flexibility index (Phi) is 3.84. The predicted octanol–water partition coefficient (Wildman–Crippen LogP) is 2.40. The second kappa shape index (κ2) is 5.41. The number of nitrogens with zero attached hydrogens (tertiary/aromatic N) is 2. The van der Waals surface area contributed by atoms with Crippen molar-refractivity contribution in [2.45, 2.75) is 31.7 Å². The molecule has 0 aromatic heterocycles. The van der Waals surface area contributed by atoms with Crippen LogP contribution < -0.4 is 9.64 Å². The first-order chi connectivity index (χ1) is 9.52. The van der Waals surface area contributed by atoms with Gasteiger partial charge in [0.25, 0.3) is 0 Å². The van der Waals surface area contributed by atoms with Crippen molar-refractivity contribution in [3.8, 4) is 11.8 Å². The van der Waals surface area contributed by atoms with E-state index in [0.717, 1.165) is 12.8 Å². The van der Waals surface area contributed by atoms with E-state index in [1.165, 1.54) is 0 Å². The van der Waals surface area contributed by atoms with Gasteiger partial charge in [0.05, 0.1) is 18.4 Å². The van der Waals surface area contributed by atoms with E-state index in [2.05, 4.69) is 6.07 Å². The van der Waals surface area contributed by atoms with Crippen LogP contribution in [0.3, 0.4) is 0 Å². The molecule has 0 bridgehead atoms. The van der Waals surface area contributed by atoms with Crippen LogP contribution in [0.1, 0.15) is 31.7 Å². The van der Waals surface area contributed by atoms with E-state index >= 15 is 0 Å². The molecule has 5 heteroatoms. The highest BCUT2D eigenvalue weighted by molar-refractivity contribution is 5.84. The predicted molar refractivity (Wildman–Crippen MR) is 74.9 cm³/mol. The van der Waals surface area contributed by atoms with Gasteiger partial charge < -0.3 is 14.7 Å². The third kappa shape index (κ3) is 2.29. The number of carboxylic acids is 1. The largest absolute Gasteiger partial charge is 0.497 e. The summed E-state index contributed by atoms with van der Waals surface area (Å²) in [5.74, 6) is -0.235. The van der Waals surface area contributed by atoms with Crippen LogP contribution in [0.25, 0.3) is 0 Å². The van der Waals surface area contributed by atoms with E-state index < -0.39 is 11.5 Å². The Morgan fingerprint density at radius 2 is 2.25 bits per heavy atom. The molecule has 5 nitrogen and oxygen atoms in total. The number of hydrogen-bond acceptors (Lipinski definition) is 4. The van der Waals surface area contributed by atoms with Crippen LogP contribution >= 0.6 is 0 Å². The van der Waals surface area contributed by atoms with Gasteiger partial charge >= 0.3 is 5.97 Å². The SMILES string of the molecule is COc1ccc(C#N)c(N2CCCCC2(C)C(=O)O)c1. The first-order valence-corrected chi connectivity index (χ1v) is 6.62. The second-order valence-electron chi connectivity index (χ2n) is 5.18. The summed E-state index contributed by atoms with van der Waals surface area (Å²) in [6.45, 7) is 2.35. The summed E-state index contributed by atoms with van der Waals surface area (Å²) < 4.78 is 5.19. The van der Waals surface area contributed by atoms with Crippen molar-refractivity contribution >= 4 is 11.7 Å². The summed E-state index contributed by atoms with van der Waals surface area (Å²) in [6.07, 6.45) is 2.38. The monoisotopic (exact) mass is 274 g/mol. The molecule has 2 rings (SSSR count). The second-order valence-corrected chi connectivity index (χ2v) is 5.18. The molecule has 1 heterocycles. The van der Waals surface area contributed by atoms with Crippen LogP contribution in [0.15, 0.2) is 18.2 Å². The van der Waals surface area contributed by atoms with Crippen LogP contribution in [0.4, 0.5) is 5.69 Å². The first kappa shape index (κ1) is 14.2. The van der Waals surface area contributed by atoms with Crippen LogP contribution in [0.2, 0.25) is 0 Å². The maximum Gasteiger partial charge on any atom is 0.329 e. The minimum Gasteiger partial charge on any atom is -0.497 e. The molecule has 106 valence electrons. The van der Waals surface area contributed by atoms with E-state index in [1.54, 1.807) is 32.2 Å². The Bertz CT molecular complexity index is 565. The third-order valence-electron chi connectivity index (χ3n) is 3.97. The van der Waals surface area contributed by atoms with Gasteiger partial charge in [-0.1, -0.05) is 0 Å². The molecule has 1 saturated heterocycles. The van der Waals surface area contributed by atoms with Crippen molar-refractivity contribution in [2.24, 2.45) is 0 Å². The number of carboxylic acid groups (broad SMARTS) is 1. The molecular weight excluding hydrogens is 256 g/mol. The maximum atomic E-state index is 11.7. The zero-order valence-electron chi connectivity index (χ0n) is 11.7. The topological polar surface area (TPSA) is 73.6 Å². The molecule has 1 atom stereocenters. The van der Waals surface area contributed by atoms with Crippen LogP contribution in [-0.4, -0.2) is 30.3 Å². The third-order valence-corrected chi connectivity index (χ3v) is 3.97. The minimum atomic E-state index is -0.976. The lowest BCUT2D eigenvalue weighted by molar-refractivity contribution is -0.143. The molecule has 1 aromatic carbocycles. The first-order valence-electron chi connectivity index (χ1n) is 6.62. The normalized spacial score (nSPS) is 22.1. The molecule has 0 saturated carbocycles. The van der Waals surface area contributed by atoms with Crippen LogP contribution in [0, 0.1) is 11.3 Å². The van der Waals surface area contributed by atoms with E-state index in [-0.39, 0.29) is 0 Å². The summed E-state index contributed by atoms with van der Waals surface area (Å²) in [6, 6.07) is 7.26. The standard InChI is InChI=1S/C15H18N2O3/c1-15(14(18)19)7-3-4-8-17(15)13-9-12(20-2)6-5-11(13)10-16/h5-6,9H,3-4,7-8H2,1-2H3,(H,18,19). The van der Waals surface area contributed by atoms with Crippen LogP contribution in [0.5, 0.6) is 5.75 Å². The molecular formula is C15H18N2O3. The summed E-state index contributed by atoms with van der Waals surface area (Å²) in [4.78, 5) is 13.5. The quantitative estimate of drug-likeness (QED) is 0.916. The zero-order valence-corrected chi connectivity index (χ0v) is 11.7. The van der Waals surface area contributed by atoms with E-state index in [4.69, 9.17) is 4.74 Å². The molecule has 1 aromatic rings. The average molecular weight is 274 g/mol. The Labute approximate surface area is 118 Å². The van der Waals surface area contributed by atoms with Gasteiger partial charge in [0.2, 0.25) is 0 Å². The Morgan fingerprint density at radius 1 is 1.50 bits per heavy atom. The van der Waals surface area contributed by atoms with Crippen molar-refractivity contribution in [1.29, 1.82) is 5.26 Å². The van der Waals surface area contributed by atoms with Gasteiger partial charge in [-0.2, -0.15) is 5.26 Å². The van der Waals surface area contributed by atoms with Crippen molar-refractivity contribution in [2.75, 3.05) is 18.6 Å². The lowest BCUT2D eigenvalue weighted by Crippen LogP contribution is -2.55. The van der Waals surface area contributed by atoms with Gasteiger partial charge in [-0.3, -0.25) is 0 Å². The fourth-order valence-corrected chi connectivity index (χ4v) is 2.69. The Hall–Kier alpha value is -2.22. The highest BCUT2D eigenvalue weighted by Gasteiger charge is 2.42. The number of anilines is 1. The van der Waals surface area contributed by atoms with Crippen molar-refractivity contribution < 1.29 is 14.6 Å². The molecule has 1 aliphatic heterocycles. The van der Waals surface area contributed by atoms with E-state index in [9.17, 15) is 15.2 Å². The number of carbonyl (C=O) groups is 1. The summed E-state index contributed by atoms with van der Waals surface area (Å²) in [7, 11) is 1.55. The molecule has 1 unspecified atom stereocenters. The molecule has 1 N–H and O–H groups in total. The Morgan fingerprint density at radius 3 is 2.85 bits per heavy atom. The number of methoxy groups -OCH3 is 1. The van der Waals surface area contributed by atoms with Gasteiger partial charge in [-0.15, -0.1) is 0 Å². The summed E-state index contributed by atoms with van der Waals surface area (Å²) >= 11 is 0. The van der Waals surface area contributed by atoms with Crippen LogP contribution in [-0.2, 0) is 4.79 Å². The van der Waals surface area contributed by atoms with Gasteiger partial charge in [-0.05, 0) is 38.3 Å². The lowest BCUT2D eigenvalue weighted by atomic mass is 9.87. The van der Waals surface area contributed by atoms with Gasteiger partial charge in [0, 0.05) is 12.6 Å². The molecule has 1 fully saturated rings. The van der Waals surface area contributed by atoms with E-state index in [0.29, 0.717) is 30.0 Å².